The summed E-state index contributed by atoms with van der Waals surface area (Å²) in [6.07, 6.45) is 10.8. The minimum Gasteiger partial charge on any atom is -0.441 e. The lowest BCUT2D eigenvalue weighted by Gasteiger charge is -2.30. The lowest BCUT2D eigenvalue weighted by molar-refractivity contribution is -0.127. The molecule has 1 aromatic carbocycles. The van der Waals surface area contributed by atoms with E-state index in [9.17, 15) is 9.59 Å². The molecule has 2 aliphatic heterocycles. The van der Waals surface area contributed by atoms with Crippen LogP contribution in [0.15, 0.2) is 52.0 Å². The average molecular weight is 477 g/mol. The molecule has 3 aliphatic rings. The van der Waals surface area contributed by atoms with Crippen molar-refractivity contribution in [3.63, 3.8) is 0 Å². The van der Waals surface area contributed by atoms with Gasteiger partial charge in [0.25, 0.3) is 5.91 Å². The van der Waals surface area contributed by atoms with E-state index in [1.165, 1.54) is 43.4 Å². The summed E-state index contributed by atoms with van der Waals surface area (Å²) in [7, 11) is 0. The van der Waals surface area contributed by atoms with Gasteiger partial charge >= 0.3 is 0 Å². The van der Waals surface area contributed by atoms with Crippen LogP contribution in [-0.2, 0) is 4.79 Å². The molecule has 5 heteroatoms. The molecular weight excluding hydrogens is 436 g/mol. The summed E-state index contributed by atoms with van der Waals surface area (Å²) in [5.74, 6) is 1.99. The molecule has 188 valence electrons. The Morgan fingerprint density at radius 3 is 2.60 bits per heavy atom. The molecule has 35 heavy (non-hydrogen) atoms. The number of ketones is 1. The first kappa shape index (κ1) is 25.4. The highest BCUT2D eigenvalue weighted by atomic mass is 16.5. The van der Waals surface area contributed by atoms with Gasteiger partial charge in [0.05, 0.1) is 0 Å². The highest BCUT2D eigenvalue weighted by Crippen LogP contribution is 2.37. The zero-order valence-corrected chi connectivity index (χ0v) is 21.9. The van der Waals surface area contributed by atoms with Crippen molar-refractivity contribution in [3.8, 4) is 5.75 Å². The van der Waals surface area contributed by atoms with Crippen molar-refractivity contribution in [2.45, 2.75) is 91.9 Å². The normalized spacial score (nSPS) is 22.3. The number of ether oxygens (including phenoxy) is 1. The van der Waals surface area contributed by atoms with Crippen molar-refractivity contribution in [2.75, 3.05) is 6.54 Å². The van der Waals surface area contributed by atoms with Crippen LogP contribution in [0.1, 0.15) is 102 Å². The molecule has 0 radical (unpaired) electrons. The van der Waals surface area contributed by atoms with Crippen LogP contribution in [-0.4, -0.2) is 28.8 Å². The molecule has 4 rings (SSSR count). The summed E-state index contributed by atoms with van der Waals surface area (Å²) >= 11 is 0. The first-order chi connectivity index (χ1) is 16.9. The topological polar surface area (TPSA) is 59.0 Å². The molecule has 0 spiro atoms. The molecule has 1 atom stereocenters. The highest BCUT2D eigenvalue weighted by molar-refractivity contribution is 6.00. The molecule has 0 aromatic heterocycles. The van der Waals surface area contributed by atoms with Gasteiger partial charge in [0, 0.05) is 17.8 Å². The quantitative estimate of drug-likeness (QED) is 0.407. The van der Waals surface area contributed by atoms with Crippen LogP contribution in [0.5, 0.6) is 5.75 Å². The standard InChI is InChI=1S/C30H40N2O3/c1-5-18-32-29(34)28-26(20(2)15-17-27(31-28)23-10-7-6-8-11-23)16-14-21(3)30(32)35-25-13-9-12-24(19-25)22(4)33/h9,12-13,19-20,23H,5-8,10-11,14-18H2,1-4H3. The fourth-order valence-corrected chi connectivity index (χ4v) is 5.66. The number of hydrogen-bond acceptors (Lipinski definition) is 4. The number of allylic oxidation sites excluding steroid dienone is 2. The van der Waals surface area contributed by atoms with Crippen LogP contribution >= 0.6 is 0 Å². The van der Waals surface area contributed by atoms with Crippen molar-refractivity contribution in [1.82, 2.24) is 4.90 Å². The first-order valence-corrected chi connectivity index (χ1v) is 13.5. The Morgan fingerprint density at radius 1 is 1.11 bits per heavy atom. The van der Waals surface area contributed by atoms with Gasteiger partial charge in [-0.25, -0.2) is 0 Å². The zero-order valence-electron chi connectivity index (χ0n) is 21.9. The van der Waals surface area contributed by atoms with Crippen LogP contribution in [0.2, 0.25) is 0 Å². The molecule has 0 N–H and O–H groups in total. The Bertz CT molecular complexity index is 1060. The molecule has 1 unspecified atom stereocenters. The number of carbonyl (C=O) groups is 2. The molecular formula is C30H40N2O3. The summed E-state index contributed by atoms with van der Waals surface area (Å²) in [5.41, 5.74) is 4.77. The SMILES string of the molecule is CCCN1C(=O)C2=C(CCC(C)=C1Oc1cccc(C(C)=O)c1)C(C)CCC(C1CCCCC1)=N2. The lowest BCUT2D eigenvalue weighted by Crippen LogP contribution is -2.37. The van der Waals surface area contributed by atoms with Gasteiger partial charge in [-0.1, -0.05) is 45.2 Å². The van der Waals surface area contributed by atoms with Crippen LogP contribution in [0.25, 0.3) is 0 Å². The zero-order chi connectivity index (χ0) is 24.9. The third-order valence-corrected chi connectivity index (χ3v) is 7.79. The van der Waals surface area contributed by atoms with Gasteiger partial charge in [0.1, 0.15) is 11.4 Å². The smallest absolute Gasteiger partial charge is 0.279 e. The van der Waals surface area contributed by atoms with Gasteiger partial charge in [-0.15, -0.1) is 0 Å². The van der Waals surface area contributed by atoms with E-state index >= 15 is 0 Å². The van der Waals surface area contributed by atoms with Crippen molar-refractivity contribution in [2.24, 2.45) is 16.8 Å². The number of benzene rings is 1. The second-order valence-electron chi connectivity index (χ2n) is 10.5. The minimum absolute atomic E-state index is 0.00729. The summed E-state index contributed by atoms with van der Waals surface area (Å²) in [6, 6.07) is 7.21. The van der Waals surface area contributed by atoms with E-state index in [-0.39, 0.29) is 11.7 Å². The van der Waals surface area contributed by atoms with Crippen LogP contribution in [0, 0.1) is 11.8 Å². The summed E-state index contributed by atoms with van der Waals surface area (Å²) in [5, 5.41) is 0. The van der Waals surface area contributed by atoms with Gasteiger partial charge in [-0.2, -0.15) is 0 Å². The van der Waals surface area contributed by atoms with Gasteiger partial charge in [0.2, 0.25) is 5.88 Å². The van der Waals surface area contributed by atoms with Gasteiger partial charge in [-0.3, -0.25) is 19.5 Å². The van der Waals surface area contributed by atoms with E-state index in [0.717, 1.165) is 37.7 Å². The van der Waals surface area contributed by atoms with Crippen molar-refractivity contribution >= 4 is 17.4 Å². The van der Waals surface area contributed by atoms with Gasteiger partial charge in [-0.05, 0) is 93.9 Å². The lowest BCUT2D eigenvalue weighted by atomic mass is 9.83. The molecule has 5 nitrogen and oxygen atoms in total. The highest BCUT2D eigenvalue weighted by Gasteiger charge is 2.33. The Labute approximate surface area is 210 Å². The predicted molar refractivity (Wildman–Crippen MR) is 140 cm³/mol. The van der Waals surface area contributed by atoms with E-state index in [1.807, 2.05) is 12.1 Å². The molecule has 1 saturated carbocycles. The third-order valence-electron chi connectivity index (χ3n) is 7.79. The number of hydrogen-bond donors (Lipinski definition) is 0. The Morgan fingerprint density at radius 2 is 1.89 bits per heavy atom. The van der Waals surface area contributed by atoms with Crippen LogP contribution in [0.4, 0.5) is 0 Å². The number of aliphatic imine (C=N–C) groups is 1. The van der Waals surface area contributed by atoms with Crippen LogP contribution < -0.4 is 4.74 Å². The van der Waals surface area contributed by atoms with Crippen molar-refractivity contribution in [1.29, 1.82) is 0 Å². The number of carbonyl (C=O) groups excluding carboxylic acids is 2. The fraction of sp³-hybridized carbons (Fsp3) is 0.567. The third kappa shape index (κ3) is 5.76. The fourth-order valence-electron chi connectivity index (χ4n) is 5.66. The van der Waals surface area contributed by atoms with Crippen molar-refractivity contribution in [3.05, 3.63) is 52.6 Å². The molecule has 2 heterocycles. The summed E-state index contributed by atoms with van der Waals surface area (Å²) in [6.45, 7) is 8.52. The Hall–Kier alpha value is -2.69. The second-order valence-corrected chi connectivity index (χ2v) is 10.5. The van der Waals surface area contributed by atoms with E-state index < -0.39 is 0 Å². The summed E-state index contributed by atoms with van der Waals surface area (Å²) in [4.78, 5) is 33.0. The largest absolute Gasteiger partial charge is 0.441 e. The summed E-state index contributed by atoms with van der Waals surface area (Å²) < 4.78 is 6.37. The minimum atomic E-state index is -0.0410. The van der Waals surface area contributed by atoms with E-state index in [2.05, 4.69) is 20.8 Å². The van der Waals surface area contributed by atoms with Crippen LogP contribution in [0.3, 0.4) is 0 Å². The number of Topliss-reactive ketones (excluding diaryl/α,β-unsaturated/α-hetero) is 1. The first-order valence-electron chi connectivity index (χ1n) is 13.5. The Kier molecular flexibility index (Phi) is 8.25. The van der Waals surface area contributed by atoms with E-state index in [0.29, 0.717) is 41.3 Å². The monoisotopic (exact) mass is 476 g/mol. The molecule has 1 amide bonds. The van der Waals surface area contributed by atoms with E-state index in [1.54, 1.807) is 24.0 Å². The molecule has 1 fully saturated rings. The van der Waals surface area contributed by atoms with Gasteiger partial charge < -0.3 is 4.74 Å². The molecule has 0 saturated heterocycles. The Balaban J connectivity index is 1.71. The van der Waals surface area contributed by atoms with Gasteiger partial charge in [0.15, 0.2) is 5.78 Å². The maximum atomic E-state index is 14.2. The van der Waals surface area contributed by atoms with E-state index in [4.69, 9.17) is 9.73 Å². The molecule has 1 aromatic rings. The number of amides is 1. The maximum absolute atomic E-state index is 14.2. The van der Waals surface area contributed by atoms with Crippen molar-refractivity contribution < 1.29 is 14.3 Å². The average Bonchev–Trinajstić information content (AvgIpc) is 3.03. The molecule has 0 bridgehead atoms. The predicted octanol–water partition coefficient (Wildman–Crippen LogP) is 7.24. The number of rotatable bonds is 6. The maximum Gasteiger partial charge on any atom is 0.279 e. The molecule has 1 aliphatic carbocycles. The number of nitrogens with zero attached hydrogens (tertiary/aromatic N) is 2. The second kappa shape index (κ2) is 11.4.